The zero-order valence-electron chi connectivity index (χ0n) is 11.9. The van der Waals surface area contributed by atoms with Crippen molar-refractivity contribution in [3.05, 3.63) is 23.8 Å². The summed E-state index contributed by atoms with van der Waals surface area (Å²) in [6.45, 7) is 8.60. The number of aliphatic hydroxyl groups excluding tert-OH is 1. The van der Waals surface area contributed by atoms with E-state index in [0.717, 1.165) is 17.1 Å². The van der Waals surface area contributed by atoms with Crippen LogP contribution in [0.2, 0.25) is 0 Å². The molecule has 1 aliphatic heterocycles. The predicted molar refractivity (Wildman–Crippen MR) is 74.6 cm³/mol. The fourth-order valence-corrected chi connectivity index (χ4v) is 1.86. The van der Waals surface area contributed by atoms with E-state index < -0.39 is 0 Å². The summed E-state index contributed by atoms with van der Waals surface area (Å²) in [6.07, 6.45) is -0.357. The molecule has 1 heterocycles. The molecule has 4 heteroatoms. The second-order valence-corrected chi connectivity index (χ2v) is 5.99. The summed E-state index contributed by atoms with van der Waals surface area (Å²) in [6, 6.07) is 5.95. The molecule has 0 radical (unpaired) electrons. The van der Waals surface area contributed by atoms with Crippen LogP contribution in [-0.2, 0) is 6.54 Å². The molecule has 0 fully saturated rings. The van der Waals surface area contributed by atoms with Gasteiger partial charge in [-0.15, -0.1) is 0 Å². The third-order valence-electron chi connectivity index (χ3n) is 3.27. The first-order valence-electron chi connectivity index (χ1n) is 6.74. The maximum absolute atomic E-state index is 9.95. The molecule has 2 rings (SSSR count). The lowest BCUT2D eigenvalue weighted by Crippen LogP contribution is -2.36. The van der Waals surface area contributed by atoms with Crippen molar-refractivity contribution in [3.8, 4) is 11.5 Å². The van der Waals surface area contributed by atoms with Crippen LogP contribution in [-0.4, -0.2) is 31.0 Å². The van der Waals surface area contributed by atoms with Gasteiger partial charge in [-0.2, -0.15) is 0 Å². The van der Waals surface area contributed by atoms with E-state index in [1.807, 2.05) is 39.0 Å². The van der Waals surface area contributed by atoms with Gasteiger partial charge in [0, 0.05) is 13.1 Å². The minimum atomic E-state index is -0.357. The summed E-state index contributed by atoms with van der Waals surface area (Å²) in [5.74, 6) is 1.62. The Labute approximate surface area is 114 Å². The van der Waals surface area contributed by atoms with E-state index in [1.54, 1.807) is 0 Å². The van der Waals surface area contributed by atoms with Crippen LogP contribution in [0.25, 0.3) is 0 Å². The molecule has 0 bridgehead atoms. The van der Waals surface area contributed by atoms with Crippen molar-refractivity contribution in [2.45, 2.75) is 33.4 Å². The van der Waals surface area contributed by atoms with E-state index in [-0.39, 0.29) is 11.5 Å². The lowest BCUT2D eigenvalue weighted by Gasteiger charge is -2.26. The molecule has 0 spiro atoms. The Hall–Kier alpha value is -1.26. The first-order valence-corrected chi connectivity index (χ1v) is 6.74. The Morgan fingerprint density at radius 3 is 2.58 bits per heavy atom. The Morgan fingerprint density at radius 2 is 1.89 bits per heavy atom. The molecule has 0 amide bonds. The summed E-state index contributed by atoms with van der Waals surface area (Å²) in [7, 11) is 0. The van der Waals surface area contributed by atoms with Gasteiger partial charge in [0.2, 0.25) is 0 Å². The van der Waals surface area contributed by atoms with E-state index in [4.69, 9.17) is 9.47 Å². The quantitative estimate of drug-likeness (QED) is 0.873. The van der Waals surface area contributed by atoms with Gasteiger partial charge < -0.3 is 19.9 Å². The molecule has 1 unspecified atom stereocenters. The third kappa shape index (κ3) is 3.85. The molecule has 4 nitrogen and oxygen atoms in total. The number of benzene rings is 1. The Kier molecular flexibility index (Phi) is 4.32. The highest BCUT2D eigenvalue weighted by Gasteiger charge is 2.21. The number of nitrogens with one attached hydrogen (secondary N) is 1. The zero-order chi connectivity index (χ0) is 13.9. The van der Waals surface area contributed by atoms with Crippen molar-refractivity contribution in [1.82, 2.24) is 5.32 Å². The highest BCUT2D eigenvalue weighted by molar-refractivity contribution is 5.43. The summed E-state index contributed by atoms with van der Waals surface area (Å²) in [5, 5.41) is 13.2. The van der Waals surface area contributed by atoms with Gasteiger partial charge in [-0.25, -0.2) is 0 Å². The molecule has 1 aromatic carbocycles. The average molecular weight is 265 g/mol. The van der Waals surface area contributed by atoms with Crippen molar-refractivity contribution in [2.24, 2.45) is 5.41 Å². The normalized spacial score (nSPS) is 16.2. The largest absolute Gasteiger partial charge is 0.486 e. The van der Waals surface area contributed by atoms with Crippen molar-refractivity contribution in [3.63, 3.8) is 0 Å². The van der Waals surface area contributed by atoms with E-state index in [0.29, 0.717) is 26.3 Å². The lowest BCUT2D eigenvalue weighted by molar-refractivity contribution is 0.0627. The smallest absolute Gasteiger partial charge is 0.161 e. The number of ether oxygens (including phenoxy) is 2. The summed E-state index contributed by atoms with van der Waals surface area (Å²) < 4.78 is 11.0. The van der Waals surface area contributed by atoms with Gasteiger partial charge in [-0.1, -0.05) is 26.8 Å². The van der Waals surface area contributed by atoms with Gasteiger partial charge in [-0.05, 0) is 23.1 Å². The number of fused-ring (bicyclic) bond motifs is 1. The third-order valence-corrected chi connectivity index (χ3v) is 3.27. The number of hydrogen-bond acceptors (Lipinski definition) is 4. The molecule has 0 aliphatic carbocycles. The van der Waals surface area contributed by atoms with E-state index in [2.05, 4.69) is 5.32 Å². The molecule has 1 aromatic rings. The predicted octanol–water partition coefficient (Wildman–Crippen LogP) is 1.95. The van der Waals surface area contributed by atoms with Crippen LogP contribution in [0.5, 0.6) is 11.5 Å². The zero-order valence-corrected chi connectivity index (χ0v) is 11.9. The maximum atomic E-state index is 9.95. The standard InChI is InChI=1S/C15H23NO3/c1-15(2,3)14(17)10-16-9-11-4-5-12-13(8-11)19-7-6-18-12/h4-5,8,14,16-17H,6-7,9-10H2,1-3H3. The molecule has 1 atom stereocenters. The minimum Gasteiger partial charge on any atom is -0.486 e. The molecular weight excluding hydrogens is 242 g/mol. The van der Waals surface area contributed by atoms with Gasteiger partial charge >= 0.3 is 0 Å². The Balaban J connectivity index is 1.87. The maximum Gasteiger partial charge on any atom is 0.161 e. The monoisotopic (exact) mass is 265 g/mol. The highest BCUT2D eigenvalue weighted by atomic mass is 16.6. The highest BCUT2D eigenvalue weighted by Crippen LogP contribution is 2.30. The average Bonchev–Trinajstić information content (AvgIpc) is 2.37. The van der Waals surface area contributed by atoms with E-state index >= 15 is 0 Å². The molecular formula is C15H23NO3. The molecule has 19 heavy (non-hydrogen) atoms. The van der Waals surface area contributed by atoms with Crippen LogP contribution in [0.15, 0.2) is 18.2 Å². The van der Waals surface area contributed by atoms with Crippen LogP contribution < -0.4 is 14.8 Å². The van der Waals surface area contributed by atoms with Gasteiger partial charge in [-0.3, -0.25) is 0 Å². The molecule has 1 aliphatic rings. The molecule has 2 N–H and O–H groups in total. The van der Waals surface area contributed by atoms with Gasteiger partial charge in [0.15, 0.2) is 11.5 Å². The number of rotatable bonds is 4. The molecule has 0 saturated heterocycles. The van der Waals surface area contributed by atoms with Gasteiger partial charge in [0.1, 0.15) is 13.2 Å². The first-order chi connectivity index (χ1) is 8.97. The summed E-state index contributed by atoms with van der Waals surface area (Å²) >= 11 is 0. The lowest BCUT2D eigenvalue weighted by atomic mass is 9.89. The van der Waals surface area contributed by atoms with Crippen LogP contribution >= 0.6 is 0 Å². The summed E-state index contributed by atoms with van der Waals surface area (Å²) in [5.41, 5.74) is 1.03. The van der Waals surface area contributed by atoms with Crippen molar-refractivity contribution in [1.29, 1.82) is 0 Å². The Bertz CT molecular complexity index is 426. The SMILES string of the molecule is CC(C)(C)C(O)CNCc1ccc2c(c1)OCCO2. The van der Waals surface area contributed by atoms with Crippen LogP contribution in [0, 0.1) is 5.41 Å². The minimum absolute atomic E-state index is 0.0974. The van der Waals surface area contributed by atoms with Gasteiger partial charge in [0.05, 0.1) is 6.10 Å². The van der Waals surface area contributed by atoms with Crippen LogP contribution in [0.3, 0.4) is 0 Å². The second-order valence-electron chi connectivity index (χ2n) is 5.99. The van der Waals surface area contributed by atoms with E-state index in [1.165, 1.54) is 0 Å². The summed E-state index contributed by atoms with van der Waals surface area (Å²) in [4.78, 5) is 0. The molecule has 0 saturated carbocycles. The van der Waals surface area contributed by atoms with Crippen molar-refractivity contribution in [2.75, 3.05) is 19.8 Å². The number of hydrogen-bond donors (Lipinski definition) is 2. The first kappa shape index (κ1) is 14.2. The van der Waals surface area contributed by atoms with Crippen molar-refractivity contribution < 1.29 is 14.6 Å². The fraction of sp³-hybridized carbons (Fsp3) is 0.600. The Morgan fingerprint density at radius 1 is 1.21 bits per heavy atom. The molecule has 0 aromatic heterocycles. The fourth-order valence-electron chi connectivity index (χ4n) is 1.86. The number of aliphatic hydroxyl groups is 1. The second kappa shape index (κ2) is 5.80. The van der Waals surface area contributed by atoms with E-state index in [9.17, 15) is 5.11 Å². The van der Waals surface area contributed by atoms with Crippen LogP contribution in [0.4, 0.5) is 0 Å². The van der Waals surface area contributed by atoms with Gasteiger partial charge in [0.25, 0.3) is 0 Å². The topological polar surface area (TPSA) is 50.7 Å². The van der Waals surface area contributed by atoms with Crippen LogP contribution in [0.1, 0.15) is 26.3 Å². The molecule has 106 valence electrons. The van der Waals surface area contributed by atoms with Crippen molar-refractivity contribution >= 4 is 0 Å².